The minimum atomic E-state index is -0.481. The topological polar surface area (TPSA) is 75.9 Å². The van der Waals surface area contributed by atoms with Crippen LogP contribution < -0.4 is 5.73 Å². The van der Waals surface area contributed by atoms with Gasteiger partial charge < -0.3 is 20.3 Å². The van der Waals surface area contributed by atoms with E-state index >= 15 is 0 Å². The Morgan fingerprint density at radius 1 is 1.27 bits per heavy atom. The highest BCUT2D eigenvalue weighted by Gasteiger charge is 2.29. The smallest absolute Gasteiger partial charge is 0.410 e. The third-order valence-electron chi connectivity index (χ3n) is 4.74. The largest absolute Gasteiger partial charge is 0.445 e. The molecule has 2 N–H and O–H groups in total. The molecule has 2 rings (SSSR count). The predicted octanol–water partition coefficient (Wildman–Crippen LogP) is 2.62. The number of benzene rings is 1. The molecular formula is C20H31N3O3. The molecule has 0 aromatic heterocycles. The van der Waals surface area contributed by atoms with Crippen molar-refractivity contribution in [3.63, 3.8) is 0 Å². The fourth-order valence-corrected chi connectivity index (χ4v) is 3.28. The Kier molecular flexibility index (Phi) is 7.45. The Hall–Kier alpha value is -2.08. The predicted molar refractivity (Wildman–Crippen MR) is 101 cm³/mol. The zero-order valence-electron chi connectivity index (χ0n) is 16.1. The van der Waals surface area contributed by atoms with Gasteiger partial charge in [-0.25, -0.2) is 4.79 Å². The van der Waals surface area contributed by atoms with Gasteiger partial charge in [0.05, 0.1) is 6.04 Å². The van der Waals surface area contributed by atoms with Crippen LogP contribution in [0.5, 0.6) is 0 Å². The lowest BCUT2D eigenvalue weighted by molar-refractivity contribution is -0.134. The molecule has 1 aliphatic heterocycles. The molecule has 2 amide bonds. The number of rotatable bonds is 6. The van der Waals surface area contributed by atoms with Crippen LogP contribution in [0.4, 0.5) is 4.79 Å². The molecule has 0 aliphatic carbocycles. The highest BCUT2D eigenvalue weighted by atomic mass is 16.6. The second-order valence-electron chi connectivity index (χ2n) is 7.37. The van der Waals surface area contributed by atoms with Crippen LogP contribution in [0.1, 0.15) is 39.2 Å². The van der Waals surface area contributed by atoms with E-state index in [0.717, 1.165) is 24.9 Å². The number of amides is 2. The summed E-state index contributed by atoms with van der Waals surface area (Å²) in [6, 6.07) is 9.22. The maximum Gasteiger partial charge on any atom is 0.410 e. The molecule has 26 heavy (non-hydrogen) atoms. The second kappa shape index (κ2) is 9.57. The van der Waals surface area contributed by atoms with Crippen LogP contribution in [0.2, 0.25) is 0 Å². The van der Waals surface area contributed by atoms with E-state index < -0.39 is 6.04 Å². The van der Waals surface area contributed by atoms with Gasteiger partial charge in [-0.1, -0.05) is 30.3 Å². The fraction of sp³-hybridized carbons (Fsp3) is 0.600. The summed E-state index contributed by atoms with van der Waals surface area (Å²) in [5, 5.41) is 0. The summed E-state index contributed by atoms with van der Waals surface area (Å²) < 4.78 is 5.49. The zero-order valence-corrected chi connectivity index (χ0v) is 16.1. The van der Waals surface area contributed by atoms with Gasteiger partial charge in [-0.3, -0.25) is 4.79 Å². The molecule has 1 heterocycles. The quantitative estimate of drug-likeness (QED) is 0.845. The molecule has 0 bridgehead atoms. The maximum absolute atomic E-state index is 12.6. The van der Waals surface area contributed by atoms with E-state index in [1.54, 1.807) is 11.8 Å². The summed E-state index contributed by atoms with van der Waals surface area (Å²) in [6.07, 6.45) is 1.63. The van der Waals surface area contributed by atoms with Crippen molar-refractivity contribution in [1.82, 2.24) is 9.80 Å². The molecule has 144 valence electrons. The first kappa shape index (κ1) is 20.2. The van der Waals surface area contributed by atoms with E-state index in [2.05, 4.69) is 0 Å². The third kappa shape index (κ3) is 5.73. The van der Waals surface area contributed by atoms with Crippen molar-refractivity contribution in [3.05, 3.63) is 35.9 Å². The summed E-state index contributed by atoms with van der Waals surface area (Å²) in [7, 11) is 0. The minimum Gasteiger partial charge on any atom is -0.445 e. The molecule has 1 fully saturated rings. The first-order chi connectivity index (χ1) is 12.4. The lowest BCUT2D eigenvalue weighted by Crippen LogP contribution is -2.50. The van der Waals surface area contributed by atoms with Gasteiger partial charge in [-0.2, -0.15) is 0 Å². The zero-order chi connectivity index (χ0) is 19.1. The lowest BCUT2D eigenvalue weighted by atomic mass is 9.96. The monoisotopic (exact) mass is 361 g/mol. The first-order valence-electron chi connectivity index (χ1n) is 9.40. The summed E-state index contributed by atoms with van der Waals surface area (Å²) in [5.41, 5.74) is 6.70. The third-order valence-corrected chi connectivity index (χ3v) is 4.74. The van der Waals surface area contributed by atoms with Crippen molar-refractivity contribution in [3.8, 4) is 0 Å². The molecular weight excluding hydrogens is 330 g/mol. The van der Waals surface area contributed by atoms with Gasteiger partial charge in [0, 0.05) is 25.7 Å². The Morgan fingerprint density at radius 3 is 2.58 bits per heavy atom. The molecule has 0 unspecified atom stereocenters. The lowest BCUT2D eigenvalue weighted by Gasteiger charge is -2.37. The summed E-state index contributed by atoms with van der Waals surface area (Å²) >= 11 is 0. The van der Waals surface area contributed by atoms with Crippen LogP contribution in [-0.2, 0) is 16.1 Å². The summed E-state index contributed by atoms with van der Waals surface area (Å²) in [5.74, 6) is 0.232. The molecule has 6 nitrogen and oxygen atoms in total. The molecule has 0 radical (unpaired) electrons. The highest BCUT2D eigenvalue weighted by molar-refractivity contribution is 5.81. The van der Waals surface area contributed by atoms with E-state index in [-0.39, 0.29) is 30.6 Å². The highest BCUT2D eigenvalue weighted by Crippen LogP contribution is 2.20. The van der Waals surface area contributed by atoms with E-state index in [1.807, 2.05) is 49.1 Å². The van der Waals surface area contributed by atoms with Crippen molar-refractivity contribution in [1.29, 1.82) is 0 Å². The van der Waals surface area contributed by atoms with E-state index in [9.17, 15) is 9.59 Å². The van der Waals surface area contributed by atoms with Crippen molar-refractivity contribution < 1.29 is 14.3 Å². The normalized spacial score (nSPS) is 18.5. The molecule has 1 aromatic rings. The second-order valence-corrected chi connectivity index (χ2v) is 7.37. The van der Waals surface area contributed by atoms with E-state index in [0.29, 0.717) is 13.1 Å². The van der Waals surface area contributed by atoms with Crippen molar-refractivity contribution in [2.24, 2.45) is 11.7 Å². The number of hydrogen-bond acceptors (Lipinski definition) is 4. The first-order valence-corrected chi connectivity index (χ1v) is 9.40. The molecule has 1 aromatic carbocycles. The van der Waals surface area contributed by atoms with Crippen LogP contribution in [0.25, 0.3) is 0 Å². The van der Waals surface area contributed by atoms with Crippen molar-refractivity contribution in [2.45, 2.75) is 52.3 Å². The average molecular weight is 361 g/mol. The number of carbonyl (C=O) groups excluding carboxylic acids is 2. The number of nitrogens with zero attached hydrogens (tertiary/aromatic N) is 2. The van der Waals surface area contributed by atoms with Gasteiger partial charge in [0.15, 0.2) is 0 Å². The van der Waals surface area contributed by atoms with Crippen LogP contribution in [0.15, 0.2) is 30.3 Å². The number of carbonyl (C=O) groups is 2. The van der Waals surface area contributed by atoms with Crippen LogP contribution in [-0.4, -0.2) is 53.5 Å². The van der Waals surface area contributed by atoms with Gasteiger partial charge in [-0.15, -0.1) is 0 Å². The molecule has 0 saturated carbocycles. The van der Waals surface area contributed by atoms with Crippen LogP contribution in [0, 0.1) is 5.92 Å². The van der Waals surface area contributed by atoms with Crippen LogP contribution in [0.3, 0.4) is 0 Å². The van der Waals surface area contributed by atoms with E-state index in [4.69, 9.17) is 10.5 Å². The fourth-order valence-electron chi connectivity index (χ4n) is 3.28. The molecule has 2 atom stereocenters. The Morgan fingerprint density at radius 2 is 1.96 bits per heavy atom. The summed E-state index contributed by atoms with van der Waals surface area (Å²) in [4.78, 5) is 28.3. The molecule has 0 spiro atoms. The number of ether oxygens (including phenoxy) is 1. The molecule has 6 heteroatoms. The van der Waals surface area contributed by atoms with Gasteiger partial charge in [-0.05, 0) is 45.1 Å². The average Bonchev–Trinajstić information content (AvgIpc) is 2.64. The SMILES string of the molecule is CC(C)N(C[C@H]1CCCN(C(=O)[C@H](C)N)C1)C(=O)OCc1ccccc1. The van der Waals surface area contributed by atoms with Crippen LogP contribution >= 0.6 is 0 Å². The number of likely N-dealkylation sites (tertiary alicyclic amines) is 1. The van der Waals surface area contributed by atoms with Gasteiger partial charge in [0.1, 0.15) is 6.61 Å². The number of piperidine rings is 1. The standard InChI is InChI=1S/C20H31N3O3/c1-15(2)23(20(25)26-14-17-8-5-4-6-9-17)13-18-10-7-11-22(12-18)19(24)16(3)21/h4-6,8-9,15-16,18H,7,10-14,21H2,1-3H3/t16-,18-/m0/s1. The Labute approximate surface area is 156 Å². The molecule has 1 aliphatic rings. The summed E-state index contributed by atoms with van der Waals surface area (Å²) in [6.45, 7) is 7.94. The van der Waals surface area contributed by atoms with Crippen molar-refractivity contribution >= 4 is 12.0 Å². The van der Waals surface area contributed by atoms with E-state index in [1.165, 1.54) is 0 Å². The number of nitrogens with two attached hydrogens (primary N) is 1. The maximum atomic E-state index is 12.6. The molecule has 1 saturated heterocycles. The minimum absolute atomic E-state index is 0.0162. The van der Waals surface area contributed by atoms with Gasteiger partial charge >= 0.3 is 6.09 Å². The van der Waals surface area contributed by atoms with Gasteiger partial charge in [0.2, 0.25) is 5.91 Å². The Balaban J connectivity index is 1.92. The number of hydrogen-bond donors (Lipinski definition) is 1. The van der Waals surface area contributed by atoms with Gasteiger partial charge in [0.25, 0.3) is 0 Å². The Bertz CT molecular complexity index is 589. The van der Waals surface area contributed by atoms with Crippen molar-refractivity contribution in [2.75, 3.05) is 19.6 Å².